The number of nitrogens with two attached hydrogens (primary N) is 2. The molecule has 0 radical (unpaired) electrons. The molecule has 0 aliphatic rings. The summed E-state index contributed by atoms with van der Waals surface area (Å²) in [6.45, 7) is 0.579. The van der Waals surface area contributed by atoms with Crippen molar-refractivity contribution in [2.24, 2.45) is 11.5 Å². The van der Waals surface area contributed by atoms with Gasteiger partial charge >= 0.3 is 0 Å². The van der Waals surface area contributed by atoms with Crippen LogP contribution in [0.3, 0.4) is 0 Å². The Morgan fingerprint density at radius 3 is 2.40 bits per heavy atom. The Labute approximate surface area is 90.2 Å². The zero-order valence-electron chi connectivity index (χ0n) is 9.19. The highest BCUT2D eigenvalue weighted by Crippen LogP contribution is 2.29. The van der Waals surface area contributed by atoms with Crippen LogP contribution in [0.4, 0.5) is 0 Å². The van der Waals surface area contributed by atoms with Gasteiger partial charge in [0.1, 0.15) is 0 Å². The summed E-state index contributed by atoms with van der Waals surface area (Å²) in [7, 11) is 3.22. The van der Waals surface area contributed by atoms with Gasteiger partial charge in [0.05, 0.1) is 14.2 Å². The average molecular weight is 210 g/mol. The number of methoxy groups -OCH3 is 2. The van der Waals surface area contributed by atoms with Gasteiger partial charge in [-0.3, -0.25) is 0 Å². The molecular weight excluding hydrogens is 192 g/mol. The van der Waals surface area contributed by atoms with Crippen molar-refractivity contribution in [2.75, 3.05) is 20.8 Å². The first-order chi connectivity index (χ1) is 7.22. The van der Waals surface area contributed by atoms with E-state index in [1.165, 1.54) is 0 Å². The standard InChI is InChI=1S/C11H18N2O2/c1-14-10-4-3-8(7-11(10)15-2)9(13)5-6-12/h3-4,7,9H,5-6,12-13H2,1-2H3. The van der Waals surface area contributed by atoms with E-state index < -0.39 is 0 Å². The van der Waals surface area contributed by atoms with Crippen LogP contribution in [0.1, 0.15) is 18.0 Å². The summed E-state index contributed by atoms with van der Waals surface area (Å²) in [5.74, 6) is 1.41. The molecule has 4 N–H and O–H groups in total. The molecule has 0 bridgehead atoms. The SMILES string of the molecule is COc1ccc(C(N)CCN)cc1OC. The normalized spacial score (nSPS) is 12.3. The van der Waals surface area contributed by atoms with E-state index in [0.717, 1.165) is 12.0 Å². The second-order valence-electron chi connectivity index (χ2n) is 3.30. The largest absolute Gasteiger partial charge is 0.493 e. The molecular formula is C11H18N2O2. The Morgan fingerprint density at radius 1 is 1.20 bits per heavy atom. The van der Waals surface area contributed by atoms with Crippen LogP contribution in [0.2, 0.25) is 0 Å². The molecule has 0 spiro atoms. The number of hydrogen-bond donors (Lipinski definition) is 2. The van der Waals surface area contributed by atoms with Gasteiger partial charge in [-0.05, 0) is 30.7 Å². The van der Waals surface area contributed by atoms with Crippen molar-refractivity contribution in [3.05, 3.63) is 23.8 Å². The minimum atomic E-state index is -0.0465. The Morgan fingerprint density at radius 2 is 1.87 bits per heavy atom. The Kier molecular flexibility index (Phi) is 4.39. The molecule has 0 aliphatic heterocycles. The van der Waals surface area contributed by atoms with E-state index >= 15 is 0 Å². The van der Waals surface area contributed by atoms with Crippen molar-refractivity contribution in [1.29, 1.82) is 0 Å². The maximum atomic E-state index is 5.94. The summed E-state index contributed by atoms with van der Waals surface area (Å²) in [6, 6.07) is 5.63. The van der Waals surface area contributed by atoms with Crippen LogP contribution < -0.4 is 20.9 Å². The highest BCUT2D eigenvalue weighted by molar-refractivity contribution is 5.43. The lowest BCUT2D eigenvalue weighted by molar-refractivity contribution is 0.354. The highest BCUT2D eigenvalue weighted by atomic mass is 16.5. The van der Waals surface area contributed by atoms with Crippen LogP contribution in [-0.2, 0) is 0 Å². The summed E-state index contributed by atoms with van der Waals surface area (Å²) >= 11 is 0. The van der Waals surface area contributed by atoms with E-state index in [1.807, 2.05) is 18.2 Å². The predicted octanol–water partition coefficient (Wildman–Crippen LogP) is 1.05. The summed E-state index contributed by atoms with van der Waals surface area (Å²) in [5, 5.41) is 0. The fourth-order valence-corrected chi connectivity index (χ4v) is 1.43. The topological polar surface area (TPSA) is 70.5 Å². The average Bonchev–Trinajstić information content (AvgIpc) is 2.28. The van der Waals surface area contributed by atoms with Crippen molar-refractivity contribution in [3.8, 4) is 11.5 Å². The quantitative estimate of drug-likeness (QED) is 0.762. The van der Waals surface area contributed by atoms with E-state index in [1.54, 1.807) is 14.2 Å². The monoisotopic (exact) mass is 210 g/mol. The van der Waals surface area contributed by atoms with Gasteiger partial charge in [0.2, 0.25) is 0 Å². The number of benzene rings is 1. The summed E-state index contributed by atoms with van der Waals surface area (Å²) < 4.78 is 10.3. The van der Waals surface area contributed by atoms with Crippen molar-refractivity contribution < 1.29 is 9.47 Å². The molecule has 0 amide bonds. The molecule has 1 unspecified atom stereocenters. The third-order valence-electron chi connectivity index (χ3n) is 2.31. The molecule has 0 aliphatic carbocycles. The molecule has 84 valence electrons. The second kappa shape index (κ2) is 5.58. The van der Waals surface area contributed by atoms with Crippen molar-refractivity contribution >= 4 is 0 Å². The third kappa shape index (κ3) is 2.84. The zero-order valence-corrected chi connectivity index (χ0v) is 9.19. The first kappa shape index (κ1) is 11.8. The molecule has 15 heavy (non-hydrogen) atoms. The van der Waals surface area contributed by atoms with Crippen LogP contribution in [0.25, 0.3) is 0 Å². The smallest absolute Gasteiger partial charge is 0.161 e. The van der Waals surface area contributed by atoms with E-state index in [9.17, 15) is 0 Å². The van der Waals surface area contributed by atoms with E-state index in [2.05, 4.69) is 0 Å². The number of hydrogen-bond acceptors (Lipinski definition) is 4. The van der Waals surface area contributed by atoms with Gasteiger partial charge in [0.25, 0.3) is 0 Å². The maximum Gasteiger partial charge on any atom is 0.161 e. The van der Waals surface area contributed by atoms with Crippen LogP contribution in [-0.4, -0.2) is 20.8 Å². The van der Waals surface area contributed by atoms with Crippen molar-refractivity contribution in [2.45, 2.75) is 12.5 Å². The zero-order chi connectivity index (χ0) is 11.3. The minimum absolute atomic E-state index is 0.0465. The molecule has 1 aromatic carbocycles. The van der Waals surface area contributed by atoms with Gasteiger partial charge in [0, 0.05) is 6.04 Å². The molecule has 4 heteroatoms. The lowest BCUT2D eigenvalue weighted by Crippen LogP contribution is -2.15. The molecule has 0 saturated heterocycles. The Hall–Kier alpha value is -1.26. The maximum absolute atomic E-state index is 5.94. The molecule has 0 heterocycles. The van der Waals surface area contributed by atoms with E-state index in [-0.39, 0.29) is 6.04 Å². The minimum Gasteiger partial charge on any atom is -0.493 e. The third-order valence-corrected chi connectivity index (χ3v) is 2.31. The summed E-state index contributed by atoms with van der Waals surface area (Å²) in [4.78, 5) is 0. The van der Waals surface area contributed by atoms with Gasteiger partial charge in [-0.2, -0.15) is 0 Å². The summed E-state index contributed by atoms with van der Waals surface area (Å²) in [5.41, 5.74) is 12.4. The van der Waals surface area contributed by atoms with Crippen LogP contribution in [0.5, 0.6) is 11.5 Å². The number of ether oxygens (including phenoxy) is 2. The van der Waals surface area contributed by atoms with E-state index in [0.29, 0.717) is 18.0 Å². The van der Waals surface area contributed by atoms with Gasteiger partial charge in [-0.15, -0.1) is 0 Å². The van der Waals surface area contributed by atoms with Gasteiger partial charge < -0.3 is 20.9 Å². The Balaban J connectivity index is 2.92. The molecule has 1 atom stereocenters. The van der Waals surface area contributed by atoms with Crippen LogP contribution in [0, 0.1) is 0 Å². The fraction of sp³-hybridized carbons (Fsp3) is 0.455. The lowest BCUT2D eigenvalue weighted by Gasteiger charge is -2.14. The molecule has 4 nitrogen and oxygen atoms in total. The summed E-state index contributed by atoms with van der Waals surface area (Å²) in [6.07, 6.45) is 0.759. The number of rotatable bonds is 5. The first-order valence-electron chi connectivity index (χ1n) is 4.90. The van der Waals surface area contributed by atoms with E-state index in [4.69, 9.17) is 20.9 Å². The molecule has 1 rings (SSSR count). The van der Waals surface area contributed by atoms with Crippen LogP contribution >= 0.6 is 0 Å². The first-order valence-corrected chi connectivity index (χ1v) is 4.90. The molecule has 1 aromatic rings. The Bertz CT molecular complexity index is 315. The van der Waals surface area contributed by atoms with Gasteiger partial charge in [0.15, 0.2) is 11.5 Å². The molecule has 0 aromatic heterocycles. The van der Waals surface area contributed by atoms with Crippen molar-refractivity contribution in [3.63, 3.8) is 0 Å². The second-order valence-corrected chi connectivity index (χ2v) is 3.30. The van der Waals surface area contributed by atoms with Gasteiger partial charge in [-0.25, -0.2) is 0 Å². The molecule has 0 saturated carbocycles. The van der Waals surface area contributed by atoms with Crippen molar-refractivity contribution in [1.82, 2.24) is 0 Å². The molecule has 0 fully saturated rings. The predicted molar refractivity (Wildman–Crippen MR) is 60.1 cm³/mol. The van der Waals surface area contributed by atoms with Crippen LogP contribution in [0.15, 0.2) is 18.2 Å². The fourth-order valence-electron chi connectivity index (χ4n) is 1.43. The lowest BCUT2D eigenvalue weighted by atomic mass is 10.0. The van der Waals surface area contributed by atoms with Gasteiger partial charge in [-0.1, -0.05) is 6.07 Å². The highest BCUT2D eigenvalue weighted by Gasteiger charge is 2.09.